The largest absolute Gasteiger partial charge is 0.469 e. The molecule has 0 spiro atoms. The van der Waals surface area contributed by atoms with E-state index in [1.807, 2.05) is 30.3 Å². The SMILES string of the molecule is CCOC(=O)C1(CCC(=O)OC)CN(Cc2ccccc2)CCC1=O. The second-order valence-electron chi connectivity index (χ2n) is 6.25. The predicted octanol–water partition coefficient (Wildman–Crippen LogP) is 1.96. The first kappa shape index (κ1) is 19.1. The van der Waals surface area contributed by atoms with Gasteiger partial charge in [0, 0.05) is 32.5 Å². The number of hydrogen-bond acceptors (Lipinski definition) is 6. The molecule has 0 saturated carbocycles. The highest BCUT2D eigenvalue weighted by atomic mass is 16.5. The highest BCUT2D eigenvalue weighted by molar-refractivity contribution is 6.05. The van der Waals surface area contributed by atoms with Crippen LogP contribution in [-0.4, -0.2) is 49.4 Å². The second-order valence-corrected chi connectivity index (χ2v) is 6.25. The van der Waals surface area contributed by atoms with Gasteiger partial charge in [-0.05, 0) is 18.9 Å². The van der Waals surface area contributed by atoms with Crippen molar-refractivity contribution in [2.24, 2.45) is 5.41 Å². The van der Waals surface area contributed by atoms with E-state index in [1.54, 1.807) is 6.92 Å². The number of nitrogens with zero attached hydrogens (tertiary/aromatic N) is 1. The fourth-order valence-corrected chi connectivity index (χ4v) is 3.21. The second kappa shape index (κ2) is 8.76. The molecule has 0 amide bonds. The zero-order valence-corrected chi connectivity index (χ0v) is 14.8. The van der Waals surface area contributed by atoms with Gasteiger partial charge in [0.05, 0.1) is 13.7 Å². The van der Waals surface area contributed by atoms with Crippen LogP contribution in [0.4, 0.5) is 0 Å². The number of ketones is 1. The molecule has 1 heterocycles. The molecule has 0 bridgehead atoms. The van der Waals surface area contributed by atoms with E-state index in [2.05, 4.69) is 9.64 Å². The van der Waals surface area contributed by atoms with Crippen molar-refractivity contribution in [2.45, 2.75) is 32.7 Å². The predicted molar refractivity (Wildman–Crippen MR) is 91.7 cm³/mol. The summed E-state index contributed by atoms with van der Waals surface area (Å²) in [4.78, 5) is 38.9. The summed E-state index contributed by atoms with van der Waals surface area (Å²) < 4.78 is 9.85. The summed E-state index contributed by atoms with van der Waals surface area (Å²) in [6.07, 6.45) is 0.398. The van der Waals surface area contributed by atoms with Gasteiger partial charge in [-0.25, -0.2) is 0 Å². The van der Waals surface area contributed by atoms with Gasteiger partial charge in [0.25, 0.3) is 0 Å². The zero-order chi connectivity index (χ0) is 18.3. The first-order valence-corrected chi connectivity index (χ1v) is 8.55. The van der Waals surface area contributed by atoms with E-state index >= 15 is 0 Å². The van der Waals surface area contributed by atoms with Crippen molar-refractivity contribution < 1.29 is 23.9 Å². The van der Waals surface area contributed by atoms with Gasteiger partial charge in [-0.1, -0.05) is 30.3 Å². The van der Waals surface area contributed by atoms with E-state index in [0.29, 0.717) is 13.1 Å². The Labute approximate surface area is 148 Å². The van der Waals surface area contributed by atoms with E-state index in [4.69, 9.17) is 4.74 Å². The van der Waals surface area contributed by atoms with E-state index < -0.39 is 17.4 Å². The number of hydrogen-bond donors (Lipinski definition) is 0. The molecule has 1 aliphatic rings. The lowest BCUT2D eigenvalue weighted by molar-refractivity contribution is -0.165. The molecule has 2 rings (SSSR count). The molecule has 25 heavy (non-hydrogen) atoms. The van der Waals surface area contributed by atoms with Crippen molar-refractivity contribution in [3.05, 3.63) is 35.9 Å². The van der Waals surface area contributed by atoms with Crippen LogP contribution >= 0.6 is 0 Å². The van der Waals surface area contributed by atoms with Gasteiger partial charge in [-0.2, -0.15) is 0 Å². The van der Waals surface area contributed by atoms with Gasteiger partial charge < -0.3 is 9.47 Å². The molecule has 6 heteroatoms. The first-order valence-electron chi connectivity index (χ1n) is 8.55. The number of carbonyl (C=O) groups is 3. The van der Waals surface area contributed by atoms with Crippen LogP contribution in [0.25, 0.3) is 0 Å². The standard InChI is InChI=1S/C19H25NO5/c1-3-25-18(23)19(11-9-17(22)24-2)14-20(12-10-16(19)21)13-15-7-5-4-6-8-15/h4-8H,3,9-14H2,1-2H3. The highest BCUT2D eigenvalue weighted by Gasteiger charge is 2.50. The Morgan fingerprint density at radius 2 is 1.96 bits per heavy atom. The zero-order valence-electron chi connectivity index (χ0n) is 14.8. The Morgan fingerprint density at radius 1 is 1.24 bits per heavy atom. The number of piperidine rings is 1. The molecule has 136 valence electrons. The summed E-state index contributed by atoms with van der Waals surface area (Å²) in [6.45, 7) is 3.41. The summed E-state index contributed by atoms with van der Waals surface area (Å²) in [6, 6.07) is 9.89. The molecule has 6 nitrogen and oxygen atoms in total. The van der Waals surface area contributed by atoms with Crippen molar-refractivity contribution in [3.63, 3.8) is 0 Å². The van der Waals surface area contributed by atoms with Crippen LogP contribution in [0.1, 0.15) is 31.7 Å². The maximum absolute atomic E-state index is 12.7. The number of Topliss-reactive ketones (excluding diaryl/α,β-unsaturated/α-hetero) is 1. The quantitative estimate of drug-likeness (QED) is 0.555. The van der Waals surface area contributed by atoms with Crippen LogP contribution in [0.3, 0.4) is 0 Å². The van der Waals surface area contributed by atoms with Gasteiger partial charge in [-0.15, -0.1) is 0 Å². The van der Waals surface area contributed by atoms with Crippen LogP contribution < -0.4 is 0 Å². The van der Waals surface area contributed by atoms with Gasteiger partial charge in [0.2, 0.25) is 0 Å². The summed E-state index contributed by atoms with van der Waals surface area (Å²) >= 11 is 0. The topological polar surface area (TPSA) is 72.9 Å². The molecule has 1 atom stereocenters. The highest BCUT2D eigenvalue weighted by Crippen LogP contribution is 2.34. The average molecular weight is 347 g/mol. The van der Waals surface area contributed by atoms with E-state index in [9.17, 15) is 14.4 Å². The molecule has 1 saturated heterocycles. The molecule has 1 aromatic rings. The number of esters is 2. The maximum atomic E-state index is 12.7. The lowest BCUT2D eigenvalue weighted by Gasteiger charge is -2.39. The van der Waals surface area contributed by atoms with Crippen LogP contribution in [0.15, 0.2) is 30.3 Å². The Balaban J connectivity index is 2.19. The fraction of sp³-hybridized carbons (Fsp3) is 0.526. The monoisotopic (exact) mass is 347 g/mol. The van der Waals surface area contributed by atoms with E-state index in [-0.39, 0.29) is 38.2 Å². The molecule has 1 unspecified atom stereocenters. The molecule has 0 radical (unpaired) electrons. The minimum Gasteiger partial charge on any atom is -0.469 e. The van der Waals surface area contributed by atoms with Gasteiger partial charge >= 0.3 is 11.9 Å². The van der Waals surface area contributed by atoms with Crippen LogP contribution in [0.2, 0.25) is 0 Å². The van der Waals surface area contributed by atoms with Crippen molar-refractivity contribution in [1.29, 1.82) is 0 Å². The van der Waals surface area contributed by atoms with Crippen LogP contribution in [-0.2, 0) is 30.4 Å². The number of benzene rings is 1. The van der Waals surface area contributed by atoms with Crippen molar-refractivity contribution in [2.75, 3.05) is 26.8 Å². The molecule has 1 fully saturated rings. The third-order valence-corrected chi connectivity index (χ3v) is 4.58. The lowest BCUT2D eigenvalue weighted by atomic mass is 9.75. The normalized spacial score (nSPS) is 21.0. The molecule has 0 aromatic heterocycles. The Bertz CT molecular complexity index is 616. The Morgan fingerprint density at radius 3 is 2.60 bits per heavy atom. The average Bonchev–Trinajstić information content (AvgIpc) is 2.63. The molecular weight excluding hydrogens is 322 g/mol. The van der Waals surface area contributed by atoms with Gasteiger partial charge in [0.15, 0.2) is 5.78 Å². The number of likely N-dealkylation sites (tertiary alicyclic amines) is 1. The number of rotatable bonds is 7. The van der Waals surface area contributed by atoms with E-state index in [1.165, 1.54) is 7.11 Å². The van der Waals surface area contributed by atoms with Crippen molar-refractivity contribution in [3.8, 4) is 0 Å². The number of carbonyl (C=O) groups excluding carboxylic acids is 3. The molecule has 0 N–H and O–H groups in total. The van der Waals surface area contributed by atoms with Gasteiger partial charge in [0.1, 0.15) is 5.41 Å². The summed E-state index contributed by atoms with van der Waals surface area (Å²) in [7, 11) is 1.30. The molecular formula is C19H25NO5. The van der Waals surface area contributed by atoms with Crippen molar-refractivity contribution >= 4 is 17.7 Å². The minimum absolute atomic E-state index is 0.0141. The lowest BCUT2D eigenvalue weighted by Crippen LogP contribution is -2.54. The Kier molecular flexibility index (Phi) is 6.70. The van der Waals surface area contributed by atoms with E-state index in [0.717, 1.165) is 5.56 Å². The molecule has 1 aliphatic heterocycles. The number of methoxy groups -OCH3 is 1. The summed E-state index contributed by atoms with van der Waals surface area (Å²) in [5.41, 5.74) is -0.181. The third-order valence-electron chi connectivity index (χ3n) is 4.58. The minimum atomic E-state index is -1.29. The van der Waals surface area contributed by atoms with Gasteiger partial charge in [-0.3, -0.25) is 19.3 Å². The number of ether oxygens (including phenoxy) is 2. The summed E-state index contributed by atoms with van der Waals surface area (Å²) in [5, 5.41) is 0. The molecule has 1 aromatic carbocycles. The summed E-state index contributed by atoms with van der Waals surface area (Å²) in [5.74, 6) is -1.13. The Hall–Kier alpha value is -2.21. The fourth-order valence-electron chi connectivity index (χ4n) is 3.21. The third kappa shape index (κ3) is 4.66. The van der Waals surface area contributed by atoms with Crippen LogP contribution in [0, 0.1) is 5.41 Å². The first-order chi connectivity index (χ1) is 12.0. The van der Waals surface area contributed by atoms with Crippen molar-refractivity contribution in [1.82, 2.24) is 4.90 Å². The smallest absolute Gasteiger partial charge is 0.320 e. The van der Waals surface area contributed by atoms with Crippen LogP contribution in [0.5, 0.6) is 0 Å². The maximum Gasteiger partial charge on any atom is 0.320 e. The molecule has 0 aliphatic carbocycles.